The van der Waals surface area contributed by atoms with Crippen LogP contribution in [0.2, 0.25) is 0 Å². The molecule has 0 radical (unpaired) electrons. The van der Waals surface area contributed by atoms with Gasteiger partial charge in [-0.15, -0.1) is 22.7 Å². The average Bonchev–Trinajstić information content (AvgIpc) is 3.87. The highest BCUT2D eigenvalue weighted by Gasteiger charge is 2.18. The summed E-state index contributed by atoms with van der Waals surface area (Å²) in [6, 6.07) is 79.1. The average molecular weight is 777 g/mol. The zero-order valence-electron chi connectivity index (χ0n) is 31.5. The molecule has 0 saturated carbocycles. The zero-order valence-corrected chi connectivity index (χ0v) is 33.1. The predicted octanol–water partition coefficient (Wildman–Crippen LogP) is 16.7. The van der Waals surface area contributed by atoms with Gasteiger partial charge in [0.25, 0.3) is 0 Å². The van der Waals surface area contributed by atoms with Crippen molar-refractivity contribution in [1.29, 1.82) is 0 Å². The van der Waals surface area contributed by atoms with Gasteiger partial charge in [0.05, 0.1) is 0 Å². The Bertz CT molecular complexity index is 2980. The monoisotopic (exact) mass is 776 g/mol. The number of fused-ring (bicyclic) bond motifs is 6. The molecule has 0 atom stereocenters. The molecule has 9 aromatic carbocycles. The Kier molecular flexibility index (Phi) is 8.58. The van der Waals surface area contributed by atoms with Crippen LogP contribution in [0, 0.1) is 0 Å². The summed E-state index contributed by atoms with van der Waals surface area (Å²) in [6.07, 6.45) is 0. The number of hydrogen-bond acceptors (Lipinski definition) is 4. The van der Waals surface area contributed by atoms with E-state index in [2.05, 4.69) is 228 Å². The van der Waals surface area contributed by atoms with Crippen LogP contribution in [0.4, 0.5) is 34.1 Å². The molecule has 2 heterocycles. The smallest absolute Gasteiger partial charge is 0.0463 e. The third kappa shape index (κ3) is 6.02. The molecule has 2 nitrogen and oxygen atoms in total. The Morgan fingerprint density at radius 3 is 0.948 bits per heavy atom. The molecule has 4 heteroatoms. The van der Waals surface area contributed by atoms with Gasteiger partial charge in [-0.1, -0.05) is 133 Å². The predicted molar refractivity (Wildman–Crippen MR) is 252 cm³/mol. The van der Waals surface area contributed by atoms with Gasteiger partial charge in [0.2, 0.25) is 0 Å². The van der Waals surface area contributed by atoms with E-state index in [1.54, 1.807) is 0 Å². The molecule has 11 rings (SSSR count). The Labute approximate surface area is 345 Å². The maximum atomic E-state index is 2.34. The first-order chi connectivity index (χ1) is 28.8. The third-order valence-electron chi connectivity index (χ3n) is 11.1. The molecule has 0 saturated heterocycles. The Morgan fingerprint density at radius 2 is 0.552 bits per heavy atom. The van der Waals surface area contributed by atoms with E-state index >= 15 is 0 Å². The second kappa shape index (κ2) is 14.5. The lowest BCUT2D eigenvalue weighted by Crippen LogP contribution is -2.12. The molecule has 11 aromatic rings. The largest absolute Gasteiger partial charge is 0.311 e. The van der Waals surface area contributed by atoms with Gasteiger partial charge in [-0.2, -0.15) is 0 Å². The fraction of sp³-hybridized carbons (Fsp3) is 0. The van der Waals surface area contributed by atoms with Crippen molar-refractivity contribution in [2.24, 2.45) is 0 Å². The minimum atomic E-state index is 1.09. The third-order valence-corrected chi connectivity index (χ3v) is 13.5. The van der Waals surface area contributed by atoms with Crippen molar-refractivity contribution in [3.63, 3.8) is 0 Å². The second-order valence-corrected chi connectivity index (χ2v) is 16.6. The zero-order chi connectivity index (χ0) is 38.4. The van der Waals surface area contributed by atoms with Crippen molar-refractivity contribution in [2.75, 3.05) is 9.80 Å². The Balaban J connectivity index is 0.943. The lowest BCUT2D eigenvalue weighted by atomic mass is 10.0. The fourth-order valence-corrected chi connectivity index (χ4v) is 10.8. The standard InChI is InChI=1S/C54H36N2S2/c1-3-13-39(14-4-1)55(41-29-25-37(26-30-41)45-19-11-21-49-47-17-7-9-23-51(47)57-53(45)49)43-33-35-44(36-34-43)56(40-15-5-2-6-16-40)42-31-27-38(28-32-42)46-20-12-22-50-48-18-8-10-24-52(48)58-54(46)50/h1-36H. The first kappa shape index (κ1) is 34.3. The van der Waals surface area contributed by atoms with Crippen LogP contribution in [0.25, 0.3) is 62.6 Å². The summed E-state index contributed by atoms with van der Waals surface area (Å²) in [5, 5.41) is 5.28. The van der Waals surface area contributed by atoms with Crippen LogP contribution < -0.4 is 9.80 Å². The number of anilines is 6. The van der Waals surface area contributed by atoms with Gasteiger partial charge in [0, 0.05) is 74.5 Å². The molecular formula is C54H36N2S2. The maximum Gasteiger partial charge on any atom is 0.0463 e. The van der Waals surface area contributed by atoms with Crippen LogP contribution >= 0.6 is 22.7 Å². The molecule has 0 aliphatic heterocycles. The van der Waals surface area contributed by atoms with Gasteiger partial charge in [-0.25, -0.2) is 0 Å². The molecule has 0 fully saturated rings. The van der Waals surface area contributed by atoms with E-state index in [1.807, 2.05) is 22.7 Å². The van der Waals surface area contributed by atoms with E-state index < -0.39 is 0 Å². The molecule has 0 spiro atoms. The van der Waals surface area contributed by atoms with Crippen LogP contribution in [0.15, 0.2) is 218 Å². The number of thiophene rings is 2. The van der Waals surface area contributed by atoms with Crippen LogP contribution in [0.1, 0.15) is 0 Å². The van der Waals surface area contributed by atoms with E-state index in [4.69, 9.17) is 0 Å². The second-order valence-electron chi connectivity index (χ2n) is 14.5. The van der Waals surface area contributed by atoms with Crippen molar-refractivity contribution >= 4 is 97.1 Å². The van der Waals surface area contributed by atoms with Gasteiger partial charge in [-0.05, 0) is 107 Å². The van der Waals surface area contributed by atoms with Gasteiger partial charge < -0.3 is 9.80 Å². The summed E-state index contributed by atoms with van der Waals surface area (Å²) in [7, 11) is 0. The van der Waals surface area contributed by atoms with E-state index in [-0.39, 0.29) is 0 Å². The summed E-state index contributed by atoms with van der Waals surface area (Å²) in [4.78, 5) is 4.67. The molecule has 2 aromatic heterocycles. The molecule has 0 bridgehead atoms. The summed E-state index contributed by atoms with van der Waals surface area (Å²) in [6.45, 7) is 0. The highest BCUT2D eigenvalue weighted by Crippen LogP contribution is 2.44. The maximum absolute atomic E-state index is 2.34. The number of benzene rings is 9. The van der Waals surface area contributed by atoms with Crippen LogP contribution in [-0.4, -0.2) is 0 Å². The molecule has 0 amide bonds. The van der Waals surface area contributed by atoms with Gasteiger partial charge in [0.15, 0.2) is 0 Å². The fourth-order valence-electron chi connectivity index (χ4n) is 8.33. The van der Waals surface area contributed by atoms with Gasteiger partial charge in [-0.3, -0.25) is 0 Å². The van der Waals surface area contributed by atoms with Crippen LogP contribution in [0.3, 0.4) is 0 Å². The number of nitrogens with zero attached hydrogens (tertiary/aromatic N) is 2. The lowest BCUT2D eigenvalue weighted by Gasteiger charge is -2.28. The van der Waals surface area contributed by atoms with Crippen LogP contribution in [0.5, 0.6) is 0 Å². The van der Waals surface area contributed by atoms with Crippen molar-refractivity contribution in [3.05, 3.63) is 218 Å². The molecular weight excluding hydrogens is 741 g/mol. The Morgan fingerprint density at radius 1 is 0.241 bits per heavy atom. The van der Waals surface area contributed by atoms with Crippen molar-refractivity contribution in [1.82, 2.24) is 0 Å². The molecule has 58 heavy (non-hydrogen) atoms. The quantitative estimate of drug-likeness (QED) is 0.152. The van der Waals surface area contributed by atoms with E-state index in [1.165, 1.54) is 62.6 Å². The summed E-state index contributed by atoms with van der Waals surface area (Å²) in [5.74, 6) is 0. The van der Waals surface area contributed by atoms with E-state index in [0.717, 1.165) is 34.1 Å². The highest BCUT2D eigenvalue weighted by molar-refractivity contribution is 7.26. The first-order valence-electron chi connectivity index (χ1n) is 19.6. The van der Waals surface area contributed by atoms with E-state index in [9.17, 15) is 0 Å². The van der Waals surface area contributed by atoms with Crippen molar-refractivity contribution < 1.29 is 0 Å². The van der Waals surface area contributed by atoms with Crippen LogP contribution in [-0.2, 0) is 0 Å². The highest BCUT2D eigenvalue weighted by atomic mass is 32.1. The number of para-hydroxylation sites is 2. The minimum Gasteiger partial charge on any atom is -0.311 e. The van der Waals surface area contributed by atoms with Gasteiger partial charge in [0.1, 0.15) is 0 Å². The summed E-state index contributed by atoms with van der Waals surface area (Å²) < 4.78 is 5.31. The molecule has 274 valence electrons. The molecule has 0 aliphatic carbocycles. The van der Waals surface area contributed by atoms with E-state index in [0.29, 0.717) is 0 Å². The number of rotatable bonds is 8. The lowest BCUT2D eigenvalue weighted by molar-refractivity contribution is 1.26. The normalized spacial score (nSPS) is 11.4. The number of hydrogen-bond donors (Lipinski definition) is 0. The molecule has 0 N–H and O–H groups in total. The van der Waals surface area contributed by atoms with Crippen molar-refractivity contribution in [2.45, 2.75) is 0 Å². The summed E-state index contributed by atoms with van der Waals surface area (Å²) >= 11 is 3.75. The Hall–Kier alpha value is -6.98. The van der Waals surface area contributed by atoms with Gasteiger partial charge >= 0.3 is 0 Å². The minimum absolute atomic E-state index is 1.09. The molecule has 0 unspecified atom stereocenters. The topological polar surface area (TPSA) is 6.48 Å². The van der Waals surface area contributed by atoms with Crippen molar-refractivity contribution in [3.8, 4) is 22.3 Å². The SMILES string of the molecule is c1ccc(N(c2ccc(-c3cccc4c3sc3ccccc34)cc2)c2ccc(N(c3ccccc3)c3ccc(-c4cccc5c4sc4ccccc45)cc3)cc2)cc1. The first-order valence-corrected chi connectivity index (χ1v) is 21.2. The molecule has 0 aliphatic rings. The summed E-state index contributed by atoms with van der Waals surface area (Å²) in [5.41, 5.74) is 11.6.